The van der Waals surface area contributed by atoms with Gasteiger partial charge in [0.15, 0.2) is 0 Å². The summed E-state index contributed by atoms with van der Waals surface area (Å²) in [6.07, 6.45) is 2.82. The second-order valence-electron chi connectivity index (χ2n) is 4.97. The zero-order valence-corrected chi connectivity index (χ0v) is 12.2. The van der Waals surface area contributed by atoms with Crippen molar-refractivity contribution in [1.82, 2.24) is 9.88 Å². The number of hydrogen-bond donors (Lipinski definition) is 0. The predicted molar refractivity (Wildman–Crippen MR) is 77.8 cm³/mol. The van der Waals surface area contributed by atoms with E-state index in [4.69, 9.17) is 4.74 Å². The number of thiazole rings is 1. The molecule has 1 aromatic carbocycles. The van der Waals surface area contributed by atoms with Gasteiger partial charge in [-0.2, -0.15) is 0 Å². The summed E-state index contributed by atoms with van der Waals surface area (Å²) in [4.78, 5) is 18.1. The third-order valence-corrected chi connectivity index (χ3v) is 4.10. The standard InChI is InChI=1S/C15H15FN2O2S/c16-12-3-1-11(2-4-12)9-14(19)18-7-5-13(10-18)20-15-17-6-8-21-15/h1-4,6,8,13H,5,7,9-10H2. The third kappa shape index (κ3) is 3.58. The van der Waals surface area contributed by atoms with E-state index in [-0.39, 0.29) is 17.8 Å². The smallest absolute Gasteiger partial charge is 0.273 e. The number of rotatable bonds is 4. The molecule has 1 amide bonds. The summed E-state index contributed by atoms with van der Waals surface area (Å²) in [5.74, 6) is -0.240. The lowest BCUT2D eigenvalue weighted by Gasteiger charge is -2.16. The number of ether oxygens (including phenoxy) is 1. The summed E-state index contributed by atoms with van der Waals surface area (Å²) in [6.45, 7) is 1.27. The van der Waals surface area contributed by atoms with Crippen LogP contribution in [0.3, 0.4) is 0 Å². The van der Waals surface area contributed by atoms with Crippen LogP contribution < -0.4 is 4.74 Å². The number of hydrogen-bond acceptors (Lipinski definition) is 4. The molecular formula is C15H15FN2O2S. The van der Waals surface area contributed by atoms with E-state index in [1.807, 2.05) is 5.38 Å². The van der Waals surface area contributed by atoms with Crippen LogP contribution in [0.25, 0.3) is 0 Å². The molecule has 0 aliphatic carbocycles. The molecule has 1 aliphatic rings. The maximum Gasteiger partial charge on any atom is 0.273 e. The lowest BCUT2D eigenvalue weighted by Crippen LogP contribution is -2.32. The van der Waals surface area contributed by atoms with Crippen LogP contribution in [0.1, 0.15) is 12.0 Å². The van der Waals surface area contributed by atoms with Crippen molar-refractivity contribution in [2.75, 3.05) is 13.1 Å². The van der Waals surface area contributed by atoms with Crippen LogP contribution in [-0.2, 0) is 11.2 Å². The van der Waals surface area contributed by atoms with Crippen LogP contribution in [0, 0.1) is 5.82 Å². The van der Waals surface area contributed by atoms with Gasteiger partial charge in [0.1, 0.15) is 11.9 Å². The molecule has 0 bridgehead atoms. The fourth-order valence-corrected chi connectivity index (χ4v) is 2.90. The third-order valence-electron chi connectivity index (χ3n) is 3.44. The molecule has 1 atom stereocenters. The topological polar surface area (TPSA) is 42.4 Å². The van der Waals surface area contributed by atoms with E-state index in [0.717, 1.165) is 12.0 Å². The Kier molecular flexibility index (Phi) is 4.15. The lowest BCUT2D eigenvalue weighted by molar-refractivity contribution is -0.129. The SMILES string of the molecule is O=C(Cc1ccc(F)cc1)N1CCC(Oc2nccs2)C1. The van der Waals surface area contributed by atoms with E-state index in [1.54, 1.807) is 23.2 Å². The minimum absolute atomic E-state index is 0.00770. The van der Waals surface area contributed by atoms with Gasteiger partial charge in [0.2, 0.25) is 5.91 Å². The molecule has 4 nitrogen and oxygen atoms in total. The zero-order valence-electron chi connectivity index (χ0n) is 11.4. The molecular weight excluding hydrogens is 291 g/mol. The first-order chi connectivity index (χ1) is 10.2. The van der Waals surface area contributed by atoms with Gasteiger partial charge in [0.05, 0.1) is 13.0 Å². The summed E-state index contributed by atoms with van der Waals surface area (Å²) in [7, 11) is 0. The molecule has 1 fully saturated rings. The Labute approximate surface area is 126 Å². The molecule has 2 heterocycles. The Balaban J connectivity index is 1.53. The largest absolute Gasteiger partial charge is 0.465 e. The van der Waals surface area contributed by atoms with Crippen LogP contribution in [0.15, 0.2) is 35.8 Å². The van der Waals surface area contributed by atoms with E-state index in [1.165, 1.54) is 23.5 Å². The highest BCUT2D eigenvalue weighted by atomic mass is 32.1. The number of amides is 1. The number of halogens is 1. The van der Waals surface area contributed by atoms with Gasteiger partial charge in [-0.15, -0.1) is 0 Å². The molecule has 0 radical (unpaired) electrons. The maximum absolute atomic E-state index is 12.8. The summed E-state index contributed by atoms with van der Waals surface area (Å²) in [5, 5.41) is 2.51. The van der Waals surface area contributed by atoms with Gasteiger partial charge >= 0.3 is 0 Å². The highest BCUT2D eigenvalue weighted by Crippen LogP contribution is 2.21. The van der Waals surface area contributed by atoms with Gasteiger partial charge in [-0.05, 0) is 17.7 Å². The van der Waals surface area contributed by atoms with Crippen LogP contribution in [0.5, 0.6) is 5.19 Å². The van der Waals surface area contributed by atoms with E-state index in [0.29, 0.717) is 24.7 Å². The van der Waals surface area contributed by atoms with Crippen molar-refractivity contribution in [1.29, 1.82) is 0 Å². The monoisotopic (exact) mass is 306 g/mol. The number of carbonyl (C=O) groups is 1. The first-order valence-corrected chi connectivity index (χ1v) is 7.67. The van der Waals surface area contributed by atoms with E-state index in [9.17, 15) is 9.18 Å². The van der Waals surface area contributed by atoms with Gasteiger partial charge in [-0.3, -0.25) is 4.79 Å². The minimum atomic E-state index is -0.288. The zero-order chi connectivity index (χ0) is 14.7. The van der Waals surface area contributed by atoms with Crippen LogP contribution in [-0.4, -0.2) is 35.0 Å². The van der Waals surface area contributed by atoms with Crippen molar-refractivity contribution in [3.05, 3.63) is 47.2 Å². The van der Waals surface area contributed by atoms with Crippen molar-refractivity contribution >= 4 is 17.2 Å². The second kappa shape index (κ2) is 6.22. The van der Waals surface area contributed by atoms with Gasteiger partial charge < -0.3 is 9.64 Å². The van der Waals surface area contributed by atoms with Crippen molar-refractivity contribution in [2.24, 2.45) is 0 Å². The average molecular weight is 306 g/mol. The molecule has 1 saturated heterocycles. The van der Waals surface area contributed by atoms with Gasteiger partial charge in [0.25, 0.3) is 5.19 Å². The molecule has 1 aromatic heterocycles. The van der Waals surface area contributed by atoms with Crippen molar-refractivity contribution < 1.29 is 13.9 Å². The van der Waals surface area contributed by atoms with Crippen molar-refractivity contribution in [3.8, 4) is 5.19 Å². The Bertz CT molecular complexity index is 601. The lowest BCUT2D eigenvalue weighted by atomic mass is 10.1. The number of benzene rings is 1. The van der Waals surface area contributed by atoms with Gasteiger partial charge in [-0.1, -0.05) is 23.5 Å². The van der Waals surface area contributed by atoms with Gasteiger partial charge in [0, 0.05) is 24.5 Å². The van der Waals surface area contributed by atoms with Crippen LogP contribution >= 0.6 is 11.3 Å². The normalized spacial score (nSPS) is 18.0. The predicted octanol–water partition coefficient (Wildman–Crippen LogP) is 2.50. The Morgan fingerprint density at radius 1 is 1.43 bits per heavy atom. The van der Waals surface area contributed by atoms with E-state index in [2.05, 4.69) is 4.98 Å². The number of likely N-dealkylation sites (tertiary alicyclic amines) is 1. The van der Waals surface area contributed by atoms with Crippen molar-refractivity contribution in [2.45, 2.75) is 18.9 Å². The Hall–Kier alpha value is -1.95. The van der Waals surface area contributed by atoms with Gasteiger partial charge in [-0.25, -0.2) is 9.37 Å². The van der Waals surface area contributed by atoms with Crippen LogP contribution in [0.2, 0.25) is 0 Å². The Morgan fingerprint density at radius 3 is 2.95 bits per heavy atom. The number of nitrogens with zero attached hydrogens (tertiary/aromatic N) is 2. The highest BCUT2D eigenvalue weighted by molar-refractivity contribution is 7.11. The van der Waals surface area contributed by atoms with E-state index >= 15 is 0 Å². The summed E-state index contributed by atoms with van der Waals surface area (Å²) < 4.78 is 18.6. The number of aromatic nitrogens is 1. The highest BCUT2D eigenvalue weighted by Gasteiger charge is 2.27. The number of carbonyl (C=O) groups excluding carboxylic acids is 1. The molecule has 21 heavy (non-hydrogen) atoms. The summed E-state index contributed by atoms with van der Waals surface area (Å²) in [5.41, 5.74) is 0.825. The summed E-state index contributed by atoms with van der Waals surface area (Å²) in [6, 6.07) is 6.04. The minimum Gasteiger partial charge on any atom is -0.465 e. The molecule has 0 spiro atoms. The fourth-order valence-electron chi connectivity index (χ4n) is 2.35. The average Bonchev–Trinajstić information content (AvgIpc) is 3.13. The quantitative estimate of drug-likeness (QED) is 0.871. The molecule has 1 unspecified atom stereocenters. The second-order valence-corrected chi connectivity index (χ2v) is 5.83. The Morgan fingerprint density at radius 2 is 2.24 bits per heavy atom. The maximum atomic E-state index is 12.8. The van der Waals surface area contributed by atoms with Crippen molar-refractivity contribution in [3.63, 3.8) is 0 Å². The molecule has 0 saturated carbocycles. The van der Waals surface area contributed by atoms with Crippen LogP contribution in [0.4, 0.5) is 4.39 Å². The van der Waals surface area contributed by atoms with E-state index < -0.39 is 0 Å². The molecule has 6 heteroatoms. The molecule has 2 aromatic rings. The first kappa shape index (κ1) is 14.0. The molecule has 1 aliphatic heterocycles. The summed E-state index contributed by atoms with van der Waals surface area (Å²) >= 11 is 1.45. The first-order valence-electron chi connectivity index (χ1n) is 6.79. The molecule has 3 rings (SSSR count). The molecule has 0 N–H and O–H groups in total. The fraction of sp³-hybridized carbons (Fsp3) is 0.333. The molecule has 110 valence electrons.